The van der Waals surface area contributed by atoms with Crippen LogP contribution in [0.15, 0.2) is 30.3 Å². The van der Waals surface area contributed by atoms with Gasteiger partial charge in [0.25, 0.3) is 0 Å². The molecule has 0 N–H and O–H groups in total. The number of sulfonamides is 1. The maximum Gasteiger partial charge on any atom is 0.214 e. The zero-order valence-corrected chi connectivity index (χ0v) is 14.1. The van der Waals surface area contributed by atoms with Gasteiger partial charge in [-0.15, -0.1) is 11.6 Å². The Morgan fingerprint density at radius 2 is 2.05 bits per heavy atom. The predicted molar refractivity (Wildman–Crippen MR) is 88.3 cm³/mol. The van der Waals surface area contributed by atoms with E-state index < -0.39 is 10.0 Å². The maximum atomic E-state index is 12.6. The van der Waals surface area contributed by atoms with Gasteiger partial charge in [0.1, 0.15) is 0 Å². The van der Waals surface area contributed by atoms with Gasteiger partial charge in [0, 0.05) is 19.0 Å². The number of halogens is 1. The van der Waals surface area contributed by atoms with E-state index in [1.807, 2.05) is 37.3 Å². The van der Waals surface area contributed by atoms with Gasteiger partial charge in [0.05, 0.1) is 5.75 Å². The fourth-order valence-electron chi connectivity index (χ4n) is 2.97. The molecule has 0 amide bonds. The lowest BCUT2D eigenvalue weighted by molar-refractivity contribution is 0.262. The van der Waals surface area contributed by atoms with Gasteiger partial charge in [-0.3, -0.25) is 0 Å². The third kappa shape index (κ3) is 4.70. The Hall–Kier alpha value is -0.580. The summed E-state index contributed by atoms with van der Waals surface area (Å²) in [5, 5.41) is 0. The van der Waals surface area contributed by atoms with Crippen LogP contribution in [0.5, 0.6) is 0 Å². The van der Waals surface area contributed by atoms with E-state index in [1.165, 1.54) is 0 Å². The molecule has 2 unspecified atom stereocenters. The highest BCUT2D eigenvalue weighted by atomic mass is 35.5. The SMILES string of the molecule is CC(CS(=O)(=O)N1CCCC(CCCl)C1)c1ccccc1. The molecule has 118 valence electrons. The molecule has 0 radical (unpaired) electrons. The van der Waals surface area contributed by atoms with Crippen LogP contribution in [0.25, 0.3) is 0 Å². The largest absolute Gasteiger partial charge is 0.214 e. The summed E-state index contributed by atoms with van der Waals surface area (Å²) in [5.41, 5.74) is 1.08. The molecule has 0 spiro atoms. The van der Waals surface area contributed by atoms with Crippen LogP contribution in [-0.4, -0.2) is 37.4 Å². The lowest BCUT2D eigenvalue weighted by Crippen LogP contribution is -2.41. The molecule has 1 aliphatic heterocycles. The highest BCUT2D eigenvalue weighted by molar-refractivity contribution is 7.89. The van der Waals surface area contributed by atoms with Gasteiger partial charge in [0.2, 0.25) is 10.0 Å². The van der Waals surface area contributed by atoms with Crippen LogP contribution in [0, 0.1) is 5.92 Å². The van der Waals surface area contributed by atoms with Crippen molar-refractivity contribution >= 4 is 21.6 Å². The fraction of sp³-hybridized carbons (Fsp3) is 0.625. The first-order chi connectivity index (χ1) is 10.0. The van der Waals surface area contributed by atoms with Crippen molar-refractivity contribution in [2.75, 3.05) is 24.7 Å². The highest BCUT2D eigenvalue weighted by Crippen LogP contribution is 2.25. The molecule has 2 rings (SSSR count). The minimum Gasteiger partial charge on any atom is -0.212 e. The van der Waals surface area contributed by atoms with Crippen LogP contribution < -0.4 is 0 Å². The van der Waals surface area contributed by atoms with Gasteiger partial charge < -0.3 is 0 Å². The smallest absolute Gasteiger partial charge is 0.212 e. The summed E-state index contributed by atoms with van der Waals surface area (Å²) in [4.78, 5) is 0. The van der Waals surface area contributed by atoms with E-state index >= 15 is 0 Å². The summed E-state index contributed by atoms with van der Waals surface area (Å²) >= 11 is 5.79. The molecule has 1 aromatic rings. The highest BCUT2D eigenvalue weighted by Gasteiger charge is 2.30. The summed E-state index contributed by atoms with van der Waals surface area (Å²) in [6.45, 7) is 3.27. The van der Waals surface area contributed by atoms with Gasteiger partial charge in [-0.2, -0.15) is 0 Å². The van der Waals surface area contributed by atoms with Crippen molar-refractivity contribution in [2.24, 2.45) is 5.92 Å². The molecule has 2 atom stereocenters. The van der Waals surface area contributed by atoms with E-state index in [2.05, 4.69) is 0 Å². The zero-order chi connectivity index (χ0) is 15.3. The van der Waals surface area contributed by atoms with Crippen molar-refractivity contribution in [3.63, 3.8) is 0 Å². The number of hydrogen-bond donors (Lipinski definition) is 0. The van der Waals surface area contributed by atoms with Crippen molar-refractivity contribution in [2.45, 2.75) is 32.1 Å². The Kier molecular flexibility index (Phi) is 6.08. The molecule has 1 aromatic carbocycles. The second-order valence-corrected chi connectivity index (χ2v) is 8.33. The molecular weight excluding hydrogens is 306 g/mol. The number of rotatable bonds is 6. The van der Waals surface area contributed by atoms with E-state index in [0.29, 0.717) is 24.9 Å². The fourth-order valence-corrected chi connectivity index (χ4v) is 5.16. The van der Waals surface area contributed by atoms with Gasteiger partial charge in [-0.1, -0.05) is 37.3 Å². The van der Waals surface area contributed by atoms with Crippen LogP contribution in [0.2, 0.25) is 0 Å². The van der Waals surface area contributed by atoms with Crippen LogP contribution in [0.1, 0.15) is 37.7 Å². The minimum absolute atomic E-state index is 0.0182. The molecule has 0 aromatic heterocycles. The predicted octanol–water partition coefficient (Wildman–Crippen LogP) is 3.46. The number of alkyl halides is 1. The summed E-state index contributed by atoms with van der Waals surface area (Å²) in [6, 6.07) is 9.84. The first-order valence-electron chi connectivity index (χ1n) is 7.61. The molecule has 0 aliphatic carbocycles. The van der Waals surface area contributed by atoms with Crippen molar-refractivity contribution in [3.05, 3.63) is 35.9 Å². The first-order valence-corrected chi connectivity index (χ1v) is 9.76. The summed E-state index contributed by atoms with van der Waals surface area (Å²) in [6.07, 6.45) is 2.94. The van der Waals surface area contributed by atoms with Gasteiger partial charge in [0.15, 0.2) is 0 Å². The Labute approximate surface area is 133 Å². The van der Waals surface area contributed by atoms with Crippen molar-refractivity contribution in [1.29, 1.82) is 0 Å². The van der Waals surface area contributed by atoms with Crippen molar-refractivity contribution in [1.82, 2.24) is 4.31 Å². The van der Waals surface area contributed by atoms with E-state index in [0.717, 1.165) is 24.8 Å². The van der Waals surface area contributed by atoms with E-state index in [1.54, 1.807) is 4.31 Å². The maximum absolute atomic E-state index is 12.6. The number of benzene rings is 1. The number of hydrogen-bond acceptors (Lipinski definition) is 2. The third-order valence-corrected chi connectivity index (χ3v) is 6.48. The second kappa shape index (κ2) is 7.61. The van der Waals surface area contributed by atoms with Crippen molar-refractivity contribution < 1.29 is 8.42 Å². The molecule has 0 saturated carbocycles. The molecule has 3 nitrogen and oxygen atoms in total. The summed E-state index contributed by atoms with van der Waals surface area (Å²) < 4.78 is 26.9. The van der Waals surface area contributed by atoms with Gasteiger partial charge >= 0.3 is 0 Å². The molecule has 0 bridgehead atoms. The van der Waals surface area contributed by atoms with E-state index in [4.69, 9.17) is 11.6 Å². The minimum atomic E-state index is -3.19. The zero-order valence-electron chi connectivity index (χ0n) is 12.5. The monoisotopic (exact) mass is 329 g/mol. The van der Waals surface area contributed by atoms with E-state index in [9.17, 15) is 8.42 Å². The standard InChI is InChI=1S/C16H24ClNO2S/c1-14(16-7-3-2-4-8-16)13-21(19,20)18-11-5-6-15(12-18)9-10-17/h2-4,7-8,14-15H,5-6,9-13H2,1H3. The van der Waals surface area contributed by atoms with Crippen LogP contribution in [0.4, 0.5) is 0 Å². The molecular formula is C16H24ClNO2S. The summed E-state index contributed by atoms with van der Waals surface area (Å²) in [7, 11) is -3.19. The average molecular weight is 330 g/mol. The Morgan fingerprint density at radius 3 is 2.71 bits per heavy atom. The molecule has 1 heterocycles. The second-order valence-electron chi connectivity index (χ2n) is 5.93. The molecule has 21 heavy (non-hydrogen) atoms. The number of piperidine rings is 1. The van der Waals surface area contributed by atoms with Crippen LogP contribution in [-0.2, 0) is 10.0 Å². The van der Waals surface area contributed by atoms with E-state index in [-0.39, 0.29) is 11.7 Å². The molecule has 1 fully saturated rings. The lowest BCUT2D eigenvalue weighted by atomic mass is 9.97. The normalized spacial score (nSPS) is 22.1. The van der Waals surface area contributed by atoms with Gasteiger partial charge in [-0.25, -0.2) is 12.7 Å². The summed E-state index contributed by atoms with van der Waals surface area (Å²) in [5.74, 6) is 1.23. The van der Waals surface area contributed by atoms with Gasteiger partial charge in [-0.05, 0) is 36.7 Å². The average Bonchev–Trinajstić information content (AvgIpc) is 2.48. The van der Waals surface area contributed by atoms with Crippen LogP contribution >= 0.6 is 11.6 Å². The van der Waals surface area contributed by atoms with Crippen LogP contribution in [0.3, 0.4) is 0 Å². The lowest BCUT2D eigenvalue weighted by Gasteiger charge is -2.32. The Morgan fingerprint density at radius 1 is 1.33 bits per heavy atom. The number of nitrogens with zero attached hydrogens (tertiary/aromatic N) is 1. The topological polar surface area (TPSA) is 37.4 Å². The van der Waals surface area contributed by atoms with Crippen molar-refractivity contribution in [3.8, 4) is 0 Å². The Balaban J connectivity index is 2.01. The molecule has 1 aliphatic rings. The molecule has 5 heteroatoms. The Bertz CT molecular complexity index is 530. The molecule has 1 saturated heterocycles. The first kappa shape index (κ1) is 16.8. The third-order valence-electron chi connectivity index (χ3n) is 4.22. The quantitative estimate of drug-likeness (QED) is 0.749.